The number of carbonyl (C=O) groups is 2. The lowest BCUT2D eigenvalue weighted by atomic mass is 10.1. The molecular formula is C15H21Cl2N3O3. The molecule has 0 radical (unpaired) electrons. The fourth-order valence-electron chi connectivity index (χ4n) is 1.96. The minimum absolute atomic E-state index is 0.0554. The summed E-state index contributed by atoms with van der Waals surface area (Å²) in [7, 11) is 0. The Balaban J connectivity index is 2.55. The average molecular weight is 362 g/mol. The Morgan fingerprint density at radius 2 is 1.74 bits per heavy atom. The van der Waals surface area contributed by atoms with Gasteiger partial charge in [0.15, 0.2) is 0 Å². The fraction of sp³-hybridized carbons (Fsp3) is 0.467. The number of nitrogens with two attached hydrogens (primary N) is 1. The van der Waals surface area contributed by atoms with Gasteiger partial charge in [-0.25, -0.2) is 0 Å². The van der Waals surface area contributed by atoms with Gasteiger partial charge in [-0.3, -0.25) is 9.59 Å². The van der Waals surface area contributed by atoms with E-state index in [1.807, 2.05) is 12.1 Å². The number of amides is 1. The minimum atomic E-state index is -1.11. The van der Waals surface area contributed by atoms with E-state index in [1.54, 1.807) is 12.1 Å². The SMILES string of the molecule is N[C@@H](CCC(=O)Nc1ccc(N(CCCl)CCCl)cc1)C(=O)O. The van der Waals surface area contributed by atoms with Crippen molar-refractivity contribution in [3.63, 3.8) is 0 Å². The Bertz CT molecular complexity index is 505. The Morgan fingerprint density at radius 3 is 2.22 bits per heavy atom. The lowest BCUT2D eigenvalue weighted by Crippen LogP contribution is -2.31. The average Bonchev–Trinajstić information content (AvgIpc) is 2.53. The first-order valence-electron chi connectivity index (χ1n) is 7.23. The predicted octanol–water partition coefficient (Wildman–Crippen LogP) is 2.10. The van der Waals surface area contributed by atoms with E-state index in [1.165, 1.54) is 0 Å². The zero-order valence-electron chi connectivity index (χ0n) is 12.7. The van der Waals surface area contributed by atoms with Crippen LogP contribution < -0.4 is 16.0 Å². The molecule has 0 saturated heterocycles. The van der Waals surface area contributed by atoms with Gasteiger partial charge in [-0.2, -0.15) is 0 Å². The molecule has 0 aliphatic heterocycles. The number of anilines is 2. The first-order chi connectivity index (χ1) is 11.0. The highest BCUT2D eigenvalue weighted by Gasteiger charge is 2.13. The van der Waals surface area contributed by atoms with Gasteiger partial charge in [0.1, 0.15) is 6.04 Å². The van der Waals surface area contributed by atoms with Crippen molar-refractivity contribution >= 4 is 46.5 Å². The molecule has 23 heavy (non-hydrogen) atoms. The molecule has 0 fully saturated rings. The number of nitrogens with one attached hydrogen (secondary N) is 1. The molecule has 1 rings (SSSR count). The third-order valence-corrected chi connectivity index (χ3v) is 3.56. The summed E-state index contributed by atoms with van der Waals surface area (Å²) < 4.78 is 0. The van der Waals surface area contributed by atoms with E-state index in [0.717, 1.165) is 5.69 Å². The van der Waals surface area contributed by atoms with E-state index in [-0.39, 0.29) is 18.7 Å². The molecule has 0 aliphatic carbocycles. The molecule has 4 N–H and O–H groups in total. The number of carboxylic acids is 1. The summed E-state index contributed by atoms with van der Waals surface area (Å²) in [4.78, 5) is 24.4. The maximum atomic E-state index is 11.8. The van der Waals surface area contributed by atoms with E-state index >= 15 is 0 Å². The number of hydrogen-bond donors (Lipinski definition) is 3. The lowest BCUT2D eigenvalue weighted by molar-refractivity contribution is -0.138. The van der Waals surface area contributed by atoms with Crippen molar-refractivity contribution in [2.45, 2.75) is 18.9 Å². The van der Waals surface area contributed by atoms with Gasteiger partial charge in [0.25, 0.3) is 0 Å². The number of aliphatic carboxylic acids is 1. The molecule has 0 unspecified atom stereocenters. The number of nitrogens with zero attached hydrogens (tertiary/aromatic N) is 1. The highest BCUT2D eigenvalue weighted by Crippen LogP contribution is 2.18. The molecule has 1 amide bonds. The Hall–Kier alpha value is -1.50. The first kappa shape index (κ1) is 19.5. The second-order valence-corrected chi connectivity index (χ2v) is 5.70. The van der Waals surface area contributed by atoms with Gasteiger partial charge in [-0.1, -0.05) is 0 Å². The standard InChI is InChI=1S/C15H21Cl2N3O3/c16-7-9-20(10-8-17)12-3-1-11(2-4-12)19-14(21)6-5-13(18)15(22)23/h1-4,13H,5-10,18H2,(H,19,21)(H,22,23)/t13-/m0/s1. The van der Waals surface area contributed by atoms with Crippen LogP contribution in [0.4, 0.5) is 11.4 Å². The summed E-state index contributed by atoms with van der Waals surface area (Å²) in [5, 5.41) is 11.4. The van der Waals surface area contributed by atoms with Crippen LogP contribution in [0.15, 0.2) is 24.3 Å². The van der Waals surface area contributed by atoms with Crippen LogP contribution in [0.25, 0.3) is 0 Å². The van der Waals surface area contributed by atoms with Gasteiger partial charge >= 0.3 is 5.97 Å². The number of hydrogen-bond acceptors (Lipinski definition) is 4. The fourth-order valence-corrected chi connectivity index (χ4v) is 2.37. The molecule has 0 saturated carbocycles. The lowest BCUT2D eigenvalue weighted by Gasteiger charge is -2.23. The highest BCUT2D eigenvalue weighted by molar-refractivity contribution is 6.18. The Labute approximate surface area is 145 Å². The molecule has 128 valence electrons. The van der Waals surface area contributed by atoms with Gasteiger partial charge < -0.3 is 21.1 Å². The topological polar surface area (TPSA) is 95.7 Å². The molecule has 0 aliphatic rings. The van der Waals surface area contributed by atoms with E-state index in [4.69, 9.17) is 34.0 Å². The Kier molecular flexibility index (Phi) is 8.76. The van der Waals surface area contributed by atoms with Crippen LogP contribution in [-0.4, -0.2) is 47.9 Å². The number of halogens is 2. The molecule has 6 nitrogen and oxygen atoms in total. The van der Waals surface area contributed by atoms with E-state index in [9.17, 15) is 9.59 Å². The highest BCUT2D eigenvalue weighted by atomic mass is 35.5. The van der Waals surface area contributed by atoms with Crippen LogP contribution in [0.2, 0.25) is 0 Å². The second-order valence-electron chi connectivity index (χ2n) is 4.94. The van der Waals surface area contributed by atoms with Gasteiger partial charge in [0, 0.05) is 42.6 Å². The van der Waals surface area contributed by atoms with E-state index in [0.29, 0.717) is 30.5 Å². The molecule has 8 heteroatoms. The van der Waals surface area contributed by atoms with Gasteiger partial charge in [0.05, 0.1) is 0 Å². The third-order valence-electron chi connectivity index (χ3n) is 3.22. The van der Waals surface area contributed by atoms with Crippen molar-refractivity contribution in [3.05, 3.63) is 24.3 Å². The van der Waals surface area contributed by atoms with Crippen LogP contribution in [0.5, 0.6) is 0 Å². The minimum Gasteiger partial charge on any atom is -0.480 e. The zero-order valence-corrected chi connectivity index (χ0v) is 14.2. The first-order valence-corrected chi connectivity index (χ1v) is 8.30. The van der Waals surface area contributed by atoms with Crippen molar-refractivity contribution in [2.24, 2.45) is 5.73 Å². The number of carboxylic acid groups (broad SMARTS) is 1. The van der Waals surface area contributed by atoms with E-state index in [2.05, 4.69) is 10.2 Å². The normalized spacial score (nSPS) is 11.8. The van der Waals surface area contributed by atoms with Crippen LogP contribution >= 0.6 is 23.2 Å². The van der Waals surface area contributed by atoms with Gasteiger partial charge in [0.2, 0.25) is 5.91 Å². The summed E-state index contributed by atoms with van der Waals surface area (Å²) in [6.07, 6.45) is 0.151. The van der Waals surface area contributed by atoms with Crippen molar-refractivity contribution in [1.82, 2.24) is 0 Å². The largest absolute Gasteiger partial charge is 0.480 e. The molecule has 0 heterocycles. The van der Waals surface area contributed by atoms with Crippen LogP contribution in [0.3, 0.4) is 0 Å². The molecule has 1 aromatic rings. The quantitative estimate of drug-likeness (QED) is 0.554. The molecule has 1 aromatic carbocycles. The summed E-state index contributed by atoms with van der Waals surface area (Å²) >= 11 is 11.5. The van der Waals surface area contributed by atoms with E-state index < -0.39 is 12.0 Å². The number of carbonyl (C=O) groups excluding carboxylic acids is 1. The maximum Gasteiger partial charge on any atom is 0.320 e. The summed E-state index contributed by atoms with van der Waals surface area (Å²) in [5.41, 5.74) is 6.97. The van der Waals surface area contributed by atoms with Crippen LogP contribution in [0, 0.1) is 0 Å². The van der Waals surface area contributed by atoms with Gasteiger partial charge in [-0.05, 0) is 30.7 Å². The molecule has 0 spiro atoms. The number of rotatable bonds is 10. The van der Waals surface area contributed by atoms with Crippen LogP contribution in [0.1, 0.15) is 12.8 Å². The number of benzene rings is 1. The summed E-state index contributed by atoms with van der Waals surface area (Å²) in [5.74, 6) is -0.382. The zero-order chi connectivity index (χ0) is 17.2. The Morgan fingerprint density at radius 1 is 1.17 bits per heavy atom. The van der Waals surface area contributed by atoms with Crippen molar-refractivity contribution in [1.29, 1.82) is 0 Å². The summed E-state index contributed by atoms with van der Waals surface area (Å²) in [6, 6.07) is 6.28. The smallest absolute Gasteiger partial charge is 0.320 e. The van der Waals surface area contributed by atoms with Crippen LogP contribution in [-0.2, 0) is 9.59 Å². The summed E-state index contributed by atoms with van der Waals surface area (Å²) in [6.45, 7) is 1.38. The third kappa shape index (κ3) is 7.07. The molecule has 0 aromatic heterocycles. The molecule has 0 bridgehead atoms. The van der Waals surface area contributed by atoms with Crippen molar-refractivity contribution < 1.29 is 14.7 Å². The van der Waals surface area contributed by atoms with Crippen molar-refractivity contribution in [3.8, 4) is 0 Å². The maximum absolute atomic E-state index is 11.8. The number of alkyl halides is 2. The predicted molar refractivity (Wildman–Crippen MR) is 93.6 cm³/mol. The molecule has 1 atom stereocenters. The monoisotopic (exact) mass is 361 g/mol. The van der Waals surface area contributed by atoms with Gasteiger partial charge in [-0.15, -0.1) is 23.2 Å². The molecular weight excluding hydrogens is 341 g/mol. The second kappa shape index (κ2) is 10.3. The van der Waals surface area contributed by atoms with Crippen molar-refractivity contribution in [2.75, 3.05) is 35.1 Å².